The fourth-order valence-corrected chi connectivity index (χ4v) is 3.77. The number of nitrogens with zero attached hydrogens (tertiary/aromatic N) is 1. The van der Waals surface area contributed by atoms with Crippen molar-refractivity contribution in [1.82, 2.24) is 5.32 Å². The molecule has 1 amide bonds. The molecular formula is C26H26F4N2O. The highest BCUT2D eigenvalue weighted by Gasteiger charge is 2.30. The number of halogens is 4. The summed E-state index contributed by atoms with van der Waals surface area (Å²) in [4.78, 5) is 14.8. The lowest BCUT2D eigenvalue weighted by Gasteiger charge is -2.33. The van der Waals surface area contributed by atoms with E-state index in [1.54, 1.807) is 26.1 Å². The average Bonchev–Trinajstić information content (AvgIpc) is 2.80. The van der Waals surface area contributed by atoms with Gasteiger partial charge in [-0.15, -0.1) is 0 Å². The van der Waals surface area contributed by atoms with Gasteiger partial charge in [-0.1, -0.05) is 42.5 Å². The van der Waals surface area contributed by atoms with Gasteiger partial charge in [0.2, 0.25) is 5.91 Å². The van der Waals surface area contributed by atoms with Crippen LogP contribution in [0.4, 0.5) is 23.2 Å². The maximum absolute atomic E-state index is 13.9. The van der Waals surface area contributed by atoms with E-state index < -0.39 is 17.8 Å². The van der Waals surface area contributed by atoms with Crippen LogP contribution in [0.5, 0.6) is 0 Å². The van der Waals surface area contributed by atoms with Gasteiger partial charge in [0.25, 0.3) is 0 Å². The molecule has 0 saturated heterocycles. The summed E-state index contributed by atoms with van der Waals surface area (Å²) in [5, 5.41) is 2.71. The molecule has 174 valence electrons. The first-order valence-corrected chi connectivity index (χ1v) is 10.7. The third kappa shape index (κ3) is 6.12. The monoisotopic (exact) mass is 458 g/mol. The Hall–Kier alpha value is -3.35. The molecule has 0 heterocycles. The van der Waals surface area contributed by atoms with Gasteiger partial charge in [-0.05, 0) is 66.8 Å². The quantitative estimate of drug-likeness (QED) is 0.415. The summed E-state index contributed by atoms with van der Waals surface area (Å²) in [5.74, 6) is -0.544. The molecule has 0 aliphatic rings. The van der Waals surface area contributed by atoms with Crippen molar-refractivity contribution in [2.75, 3.05) is 18.5 Å². The zero-order chi connectivity index (χ0) is 24.0. The van der Waals surface area contributed by atoms with Crippen LogP contribution in [0.25, 0.3) is 0 Å². The molecule has 3 rings (SSSR count). The van der Waals surface area contributed by atoms with E-state index in [0.29, 0.717) is 30.6 Å². The van der Waals surface area contributed by atoms with Crippen LogP contribution in [-0.4, -0.2) is 19.5 Å². The maximum Gasteiger partial charge on any atom is 0.416 e. The normalized spacial score (nSPS) is 12.3. The van der Waals surface area contributed by atoms with Crippen LogP contribution in [0.3, 0.4) is 0 Å². The first-order chi connectivity index (χ1) is 15.7. The van der Waals surface area contributed by atoms with Crippen LogP contribution in [0.1, 0.15) is 34.7 Å². The van der Waals surface area contributed by atoms with Crippen molar-refractivity contribution in [3.63, 3.8) is 0 Å². The van der Waals surface area contributed by atoms with E-state index in [2.05, 4.69) is 5.32 Å². The summed E-state index contributed by atoms with van der Waals surface area (Å²) in [7, 11) is 1.56. The van der Waals surface area contributed by atoms with E-state index in [1.807, 2.05) is 35.2 Å². The third-order valence-corrected chi connectivity index (χ3v) is 5.54. The van der Waals surface area contributed by atoms with Gasteiger partial charge < -0.3 is 10.2 Å². The zero-order valence-corrected chi connectivity index (χ0v) is 18.5. The number of anilines is 1. The number of alkyl halides is 3. The lowest BCUT2D eigenvalue weighted by atomic mass is 10.0. The van der Waals surface area contributed by atoms with Gasteiger partial charge in [-0.3, -0.25) is 4.79 Å². The van der Waals surface area contributed by atoms with Crippen molar-refractivity contribution in [2.45, 2.75) is 32.0 Å². The molecule has 1 N–H and O–H groups in total. The van der Waals surface area contributed by atoms with Gasteiger partial charge in [-0.25, -0.2) is 4.39 Å². The molecule has 0 radical (unpaired) electrons. The fourth-order valence-electron chi connectivity index (χ4n) is 3.77. The van der Waals surface area contributed by atoms with E-state index in [-0.39, 0.29) is 11.7 Å². The van der Waals surface area contributed by atoms with Gasteiger partial charge in [0.1, 0.15) is 11.9 Å². The lowest BCUT2D eigenvalue weighted by Crippen LogP contribution is -2.40. The fraction of sp³-hybridized carbons (Fsp3) is 0.269. The van der Waals surface area contributed by atoms with Crippen LogP contribution < -0.4 is 10.2 Å². The molecule has 3 aromatic carbocycles. The number of carbonyl (C=O) groups excluding carboxylic acids is 1. The number of aryl methyl sites for hydroxylation is 2. The van der Waals surface area contributed by atoms with E-state index >= 15 is 0 Å². The van der Waals surface area contributed by atoms with Crippen LogP contribution in [-0.2, 0) is 17.4 Å². The summed E-state index contributed by atoms with van der Waals surface area (Å²) < 4.78 is 52.4. The van der Waals surface area contributed by atoms with Crippen molar-refractivity contribution in [3.05, 3.63) is 101 Å². The third-order valence-electron chi connectivity index (χ3n) is 5.54. The number of carbonyl (C=O) groups is 1. The van der Waals surface area contributed by atoms with E-state index in [1.165, 1.54) is 18.2 Å². The summed E-state index contributed by atoms with van der Waals surface area (Å²) in [6.07, 6.45) is -3.25. The first-order valence-electron chi connectivity index (χ1n) is 10.7. The second kappa shape index (κ2) is 10.5. The SMILES string of the molecule is CNC(=O)[C@H](c1ccccc1)N(CCCc1ccc(C(F)(F)F)cc1)c1ccc(F)c(C)c1. The van der Waals surface area contributed by atoms with Crippen LogP contribution in [0.15, 0.2) is 72.8 Å². The van der Waals surface area contributed by atoms with Gasteiger partial charge in [0.15, 0.2) is 0 Å². The minimum absolute atomic E-state index is 0.210. The number of nitrogens with one attached hydrogen (secondary N) is 1. The van der Waals surface area contributed by atoms with Gasteiger partial charge in [0.05, 0.1) is 5.56 Å². The van der Waals surface area contributed by atoms with Crippen LogP contribution in [0.2, 0.25) is 0 Å². The summed E-state index contributed by atoms with van der Waals surface area (Å²) in [6, 6.07) is 18.5. The van der Waals surface area contributed by atoms with Crippen molar-refractivity contribution in [3.8, 4) is 0 Å². The van der Waals surface area contributed by atoms with Crippen LogP contribution >= 0.6 is 0 Å². The number of likely N-dealkylation sites (N-methyl/N-ethyl adjacent to an activating group) is 1. The number of amides is 1. The van der Waals surface area contributed by atoms with Gasteiger partial charge in [0, 0.05) is 19.3 Å². The molecule has 0 fully saturated rings. The second-order valence-corrected chi connectivity index (χ2v) is 7.85. The predicted molar refractivity (Wildman–Crippen MR) is 121 cm³/mol. The molecule has 0 bridgehead atoms. The molecule has 0 aromatic heterocycles. The Morgan fingerprint density at radius 2 is 1.67 bits per heavy atom. The van der Waals surface area contributed by atoms with E-state index in [9.17, 15) is 22.4 Å². The highest BCUT2D eigenvalue weighted by Crippen LogP contribution is 2.31. The summed E-state index contributed by atoms with van der Waals surface area (Å²) >= 11 is 0. The Balaban J connectivity index is 1.87. The molecule has 33 heavy (non-hydrogen) atoms. The number of hydrogen-bond donors (Lipinski definition) is 1. The van der Waals surface area contributed by atoms with E-state index in [4.69, 9.17) is 0 Å². The van der Waals surface area contributed by atoms with Gasteiger partial charge in [-0.2, -0.15) is 13.2 Å². The van der Waals surface area contributed by atoms with E-state index in [0.717, 1.165) is 23.3 Å². The average molecular weight is 458 g/mol. The smallest absolute Gasteiger partial charge is 0.357 e. The molecule has 3 aromatic rings. The largest absolute Gasteiger partial charge is 0.416 e. The Kier molecular flexibility index (Phi) is 7.74. The number of benzene rings is 3. The van der Waals surface area contributed by atoms with Gasteiger partial charge >= 0.3 is 6.18 Å². The molecule has 1 atom stereocenters. The standard InChI is InChI=1S/C26H26F4N2O/c1-18-17-22(14-15-23(18)27)32(24(25(33)31-2)20-8-4-3-5-9-20)16-6-7-19-10-12-21(13-11-19)26(28,29)30/h3-5,8-15,17,24H,6-7,16H2,1-2H3,(H,31,33)/t24-/m0/s1. The molecule has 0 saturated carbocycles. The molecule has 3 nitrogen and oxygen atoms in total. The Labute approximate surface area is 191 Å². The van der Waals surface area contributed by atoms with Crippen LogP contribution in [0, 0.1) is 12.7 Å². The summed E-state index contributed by atoms with van der Waals surface area (Å²) in [5.41, 5.74) is 2.03. The maximum atomic E-state index is 13.9. The Morgan fingerprint density at radius 1 is 1.00 bits per heavy atom. The topological polar surface area (TPSA) is 32.3 Å². The van der Waals surface area contributed by atoms with Crippen molar-refractivity contribution in [2.24, 2.45) is 0 Å². The Morgan fingerprint density at radius 3 is 2.24 bits per heavy atom. The summed E-state index contributed by atoms with van der Waals surface area (Å²) in [6.45, 7) is 2.11. The molecule has 0 unspecified atom stereocenters. The minimum atomic E-state index is -4.37. The second-order valence-electron chi connectivity index (χ2n) is 7.85. The van der Waals surface area contributed by atoms with Crippen molar-refractivity contribution < 1.29 is 22.4 Å². The number of rotatable bonds is 8. The molecule has 0 aliphatic carbocycles. The highest BCUT2D eigenvalue weighted by atomic mass is 19.4. The zero-order valence-electron chi connectivity index (χ0n) is 18.5. The molecule has 0 spiro atoms. The predicted octanol–water partition coefficient (Wildman–Crippen LogP) is 6.08. The highest BCUT2D eigenvalue weighted by molar-refractivity contribution is 5.86. The number of hydrogen-bond acceptors (Lipinski definition) is 2. The van der Waals surface area contributed by atoms with Crippen molar-refractivity contribution in [1.29, 1.82) is 0 Å². The van der Waals surface area contributed by atoms with Crippen molar-refractivity contribution >= 4 is 11.6 Å². The molecular weight excluding hydrogens is 432 g/mol. The molecule has 7 heteroatoms. The Bertz CT molecular complexity index is 1070. The first kappa shape index (κ1) is 24.3. The minimum Gasteiger partial charge on any atom is -0.357 e. The molecule has 0 aliphatic heterocycles. The lowest BCUT2D eigenvalue weighted by molar-refractivity contribution is -0.137.